The molecule has 3 nitrogen and oxygen atoms in total. The van der Waals surface area contributed by atoms with E-state index in [0.717, 1.165) is 53.7 Å². The molecule has 0 aliphatic heterocycles. The van der Waals surface area contributed by atoms with Gasteiger partial charge in [-0.1, -0.05) is 349 Å². The maximum absolute atomic E-state index is 7.47. The summed E-state index contributed by atoms with van der Waals surface area (Å²) in [6.07, 6.45) is 29.9. The summed E-state index contributed by atoms with van der Waals surface area (Å²) in [4.78, 5) is 2.59. The normalized spacial score (nSPS) is 15.4. The molecular formula is C111H115NO2. The highest BCUT2D eigenvalue weighted by Crippen LogP contribution is 2.66. The van der Waals surface area contributed by atoms with Gasteiger partial charge in [0.05, 0.1) is 0 Å². The van der Waals surface area contributed by atoms with Crippen LogP contribution in [0.5, 0.6) is 0 Å². The molecule has 0 amide bonds. The van der Waals surface area contributed by atoms with Gasteiger partial charge in [-0.05, 0) is 221 Å². The van der Waals surface area contributed by atoms with Gasteiger partial charge >= 0.3 is 0 Å². The Morgan fingerprint density at radius 1 is 0.254 bits per heavy atom. The number of hydrogen-bond acceptors (Lipinski definition) is 3. The van der Waals surface area contributed by atoms with Crippen molar-refractivity contribution in [1.29, 1.82) is 0 Å². The summed E-state index contributed by atoms with van der Waals surface area (Å²) >= 11 is 0. The van der Waals surface area contributed by atoms with Gasteiger partial charge in [0.1, 0.15) is 22.3 Å². The van der Waals surface area contributed by atoms with E-state index in [-0.39, 0.29) is 27.1 Å². The van der Waals surface area contributed by atoms with Crippen LogP contribution >= 0.6 is 0 Å². The fourth-order valence-electron chi connectivity index (χ4n) is 23.1. The van der Waals surface area contributed by atoms with Crippen molar-refractivity contribution in [1.82, 2.24) is 0 Å². The highest BCUT2D eigenvalue weighted by molar-refractivity contribution is 6.22. The van der Waals surface area contributed by atoms with E-state index >= 15 is 0 Å². The third-order valence-electron chi connectivity index (χ3n) is 28.8. The van der Waals surface area contributed by atoms with Crippen molar-refractivity contribution in [3.05, 3.63) is 280 Å². The third kappa shape index (κ3) is 11.6. The molecule has 0 N–H and O–H groups in total. The summed E-state index contributed by atoms with van der Waals surface area (Å²) in [6.45, 7) is 24.3. The molecule has 2 heterocycles. The Labute approximate surface area is 678 Å². The van der Waals surface area contributed by atoms with Crippen molar-refractivity contribution in [2.75, 3.05) is 4.90 Å². The minimum atomic E-state index is -0.354. The average molecular weight is 1500 g/mol. The fraction of sp³-hybridized carbons (Fsp3) is 0.351. The maximum atomic E-state index is 7.47. The third-order valence-corrected chi connectivity index (χ3v) is 28.8. The van der Waals surface area contributed by atoms with Crippen LogP contribution in [0.15, 0.2) is 233 Å². The predicted molar refractivity (Wildman–Crippen MR) is 485 cm³/mol. The Kier molecular flexibility index (Phi) is 19.1. The van der Waals surface area contributed by atoms with Gasteiger partial charge in [-0.3, -0.25) is 0 Å². The molecular weight excluding hydrogens is 1380 g/mol. The van der Waals surface area contributed by atoms with E-state index in [1.54, 1.807) is 11.1 Å². The van der Waals surface area contributed by atoms with Crippen LogP contribution in [0.3, 0.4) is 0 Å². The molecule has 576 valence electrons. The number of rotatable bonds is 29. The number of benzene rings is 12. The summed E-state index contributed by atoms with van der Waals surface area (Å²) in [6, 6.07) is 88.0. The van der Waals surface area contributed by atoms with Gasteiger partial charge in [-0.2, -0.15) is 0 Å². The lowest BCUT2D eigenvalue weighted by atomic mass is 9.70. The molecule has 0 saturated carbocycles. The number of para-hydroxylation sites is 3. The highest BCUT2D eigenvalue weighted by atomic mass is 16.3. The van der Waals surface area contributed by atoms with Crippen LogP contribution in [0, 0.1) is 0 Å². The molecule has 5 aliphatic carbocycles. The Bertz CT molecular complexity index is 6030. The topological polar surface area (TPSA) is 29.5 Å². The molecule has 0 saturated heterocycles. The van der Waals surface area contributed by atoms with Crippen molar-refractivity contribution < 1.29 is 8.83 Å². The molecule has 19 rings (SSSR count). The van der Waals surface area contributed by atoms with E-state index in [2.05, 4.69) is 299 Å². The molecule has 114 heavy (non-hydrogen) atoms. The van der Waals surface area contributed by atoms with Gasteiger partial charge in [0.25, 0.3) is 0 Å². The molecule has 0 unspecified atom stereocenters. The largest absolute Gasteiger partial charge is 0.455 e. The van der Waals surface area contributed by atoms with Crippen molar-refractivity contribution in [2.24, 2.45) is 0 Å². The lowest BCUT2D eigenvalue weighted by Crippen LogP contribution is -2.26. The van der Waals surface area contributed by atoms with Crippen LogP contribution in [0.25, 0.3) is 122 Å². The smallest absolute Gasteiger partial charge is 0.144 e. The van der Waals surface area contributed by atoms with Crippen molar-refractivity contribution in [2.45, 2.75) is 250 Å². The van der Waals surface area contributed by atoms with Crippen molar-refractivity contribution >= 4 is 60.9 Å². The van der Waals surface area contributed by atoms with E-state index in [4.69, 9.17) is 8.83 Å². The van der Waals surface area contributed by atoms with Crippen LogP contribution in [0.2, 0.25) is 0 Å². The zero-order valence-electron chi connectivity index (χ0n) is 69.6. The molecule has 0 atom stereocenters. The van der Waals surface area contributed by atoms with Gasteiger partial charge in [-0.15, -0.1) is 0 Å². The van der Waals surface area contributed by atoms with Crippen LogP contribution in [-0.4, -0.2) is 0 Å². The predicted octanol–water partition coefficient (Wildman–Crippen LogP) is 33.2. The van der Waals surface area contributed by atoms with Crippen molar-refractivity contribution in [3.63, 3.8) is 0 Å². The average Bonchev–Trinajstić information content (AvgIpc) is 1.50. The standard InChI is InChI=1S/C111H115NO2/c1-11-15-19-23-38-62-110(63-39-24-20-16-12-2)89-49-35-30-44-78(89)81-58-53-73(67-93(81)110)72-52-57-79-80-59-54-74(68-91(80)107(5,6)90(79)66-72)87-71-95-98(100-85-46-32-36-50-96(85)113-105(87)100)84-61-56-77(70-94(84)111(95,64-40-25-21-17-13-3)65-41-26-22-18-14-4)112(75-42-28-27-29-43-75)76-55-60-83-92(69-76)109(9,10)103-99(83)101-86-47-33-37-51-97(86)114-106(101)102-82-45-31-34-48-88(82)108(7,8)104(102)103/h27-37,42-61,66-71H,11-26,38-41,62-65H2,1-10H3. The SMILES string of the molecule is CCCCCCCC1(CCCCCCC)c2ccccc2-c2ccc(-c3ccc4c(c3)C(C)(C)c3cc(-c5cc6c(c7c5oc5ccccc57)-c5ccc(N(c7ccccc7)c7ccc8c(c7)C(C)(C)c7c9c(c%10oc%11ccccc%11c%10c7-8)-c7ccccc7C9(C)C)cc5C6(CCCCCCC)CCCCCCC)ccc3-4)cc21. The second kappa shape index (κ2) is 29.4. The van der Waals surface area contributed by atoms with Gasteiger partial charge < -0.3 is 13.7 Å². The summed E-state index contributed by atoms with van der Waals surface area (Å²) in [5.74, 6) is 0. The summed E-state index contributed by atoms with van der Waals surface area (Å²) in [7, 11) is 0. The number of furan rings is 2. The Balaban J connectivity index is 0.743. The molecule has 3 heteroatoms. The van der Waals surface area contributed by atoms with Crippen molar-refractivity contribution in [3.8, 4) is 77.9 Å². The fourth-order valence-corrected chi connectivity index (χ4v) is 23.1. The summed E-state index contributed by atoms with van der Waals surface area (Å²) < 4.78 is 14.6. The second-order valence-corrected chi connectivity index (χ2v) is 36.7. The number of hydrogen-bond donors (Lipinski definition) is 0. The lowest BCUT2D eigenvalue weighted by Gasteiger charge is -2.35. The highest BCUT2D eigenvalue weighted by Gasteiger charge is 2.51. The van der Waals surface area contributed by atoms with Crippen LogP contribution in [0.4, 0.5) is 17.1 Å². The van der Waals surface area contributed by atoms with Gasteiger partial charge in [0.15, 0.2) is 0 Å². The lowest BCUT2D eigenvalue weighted by molar-refractivity contribution is 0.399. The first-order valence-corrected chi connectivity index (χ1v) is 44.5. The number of nitrogens with zero attached hydrogens (tertiary/aromatic N) is 1. The number of fused-ring (bicyclic) bond motifs is 25. The second-order valence-electron chi connectivity index (χ2n) is 36.7. The van der Waals surface area contributed by atoms with Crippen LogP contribution < -0.4 is 4.90 Å². The molecule has 0 bridgehead atoms. The first-order valence-electron chi connectivity index (χ1n) is 44.5. The van der Waals surface area contributed by atoms with Gasteiger partial charge in [-0.25, -0.2) is 0 Å². The zero-order chi connectivity index (χ0) is 77.8. The Hall–Kier alpha value is -9.96. The van der Waals surface area contributed by atoms with E-state index in [9.17, 15) is 0 Å². The minimum Gasteiger partial charge on any atom is -0.455 e. The Morgan fingerprint density at radius 3 is 1.22 bits per heavy atom. The quantitative estimate of drug-likeness (QED) is 0.0438. The molecule has 2 aromatic heterocycles. The molecule has 14 aromatic rings. The van der Waals surface area contributed by atoms with Gasteiger partial charge in [0, 0.05) is 76.8 Å². The van der Waals surface area contributed by atoms with E-state index in [1.807, 2.05) is 0 Å². The molecule has 0 spiro atoms. The van der Waals surface area contributed by atoms with Gasteiger partial charge in [0.2, 0.25) is 0 Å². The maximum Gasteiger partial charge on any atom is 0.144 e. The van der Waals surface area contributed by atoms with Crippen LogP contribution in [0.1, 0.15) is 279 Å². The monoisotopic (exact) mass is 1490 g/mol. The van der Waals surface area contributed by atoms with E-state index in [1.165, 1.54) is 284 Å². The van der Waals surface area contributed by atoms with E-state index in [0.29, 0.717) is 0 Å². The molecule has 12 aromatic carbocycles. The molecule has 5 aliphatic rings. The zero-order valence-corrected chi connectivity index (χ0v) is 69.6. The number of unbranched alkanes of at least 4 members (excludes halogenated alkanes) is 16. The first-order chi connectivity index (χ1) is 55.7. The summed E-state index contributed by atoms with van der Waals surface area (Å²) in [5.41, 5.74) is 39.3. The molecule has 0 radical (unpaired) electrons. The van der Waals surface area contributed by atoms with Crippen LogP contribution in [-0.2, 0) is 27.1 Å². The Morgan fingerprint density at radius 2 is 0.640 bits per heavy atom. The minimum absolute atomic E-state index is 0.0277. The summed E-state index contributed by atoms with van der Waals surface area (Å²) in [5, 5.41) is 4.87. The first kappa shape index (κ1) is 74.2. The molecule has 0 fully saturated rings. The van der Waals surface area contributed by atoms with E-state index < -0.39 is 0 Å². The number of anilines is 3.